The van der Waals surface area contributed by atoms with E-state index in [1.54, 1.807) is 30.1 Å². The summed E-state index contributed by atoms with van der Waals surface area (Å²) in [6.45, 7) is 0.511. The molecule has 0 amide bonds. The van der Waals surface area contributed by atoms with Gasteiger partial charge in [-0.2, -0.15) is 0 Å². The van der Waals surface area contributed by atoms with E-state index in [1.165, 1.54) is 14.2 Å². The molecule has 1 atom stereocenters. The number of ether oxygens (including phenoxy) is 2. The zero-order chi connectivity index (χ0) is 14.4. The first-order valence-corrected chi connectivity index (χ1v) is 5.86. The summed E-state index contributed by atoms with van der Waals surface area (Å²) >= 11 is 0. The third-order valence-electron chi connectivity index (χ3n) is 2.70. The molecule has 3 N–H and O–H groups in total. The fourth-order valence-corrected chi connectivity index (χ4v) is 1.91. The smallest absolute Gasteiger partial charge is 0.340 e. The minimum atomic E-state index is -0.667. The summed E-state index contributed by atoms with van der Waals surface area (Å²) in [5.41, 5.74) is 7.27. The average molecular weight is 268 g/mol. The molecule has 0 radical (unpaired) electrons. The number of aliphatic hydroxyl groups is 1. The van der Waals surface area contributed by atoms with Crippen molar-refractivity contribution < 1.29 is 19.4 Å². The van der Waals surface area contributed by atoms with Crippen molar-refractivity contribution in [1.29, 1.82) is 0 Å². The van der Waals surface area contributed by atoms with Crippen LogP contribution in [0, 0.1) is 0 Å². The number of aliphatic hydroxyl groups excluding tert-OH is 1. The van der Waals surface area contributed by atoms with Gasteiger partial charge in [-0.3, -0.25) is 0 Å². The highest BCUT2D eigenvalue weighted by atomic mass is 16.5. The van der Waals surface area contributed by atoms with Crippen molar-refractivity contribution >= 4 is 17.3 Å². The van der Waals surface area contributed by atoms with Crippen molar-refractivity contribution in [2.75, 3.05) is 45.1 Å². The fourth-order valence-electron chi connectivity index (χ4n) is 1.91. The number of nitrogen functional groups attached to an aromatic ring is 1. The Labute approximate surface area is 112 Å². The van der Waals surface area contributed by atoms with Gasteiger partial charge in [-0.25, -0.2) is 4.79 Å². The van der Waals surface area contributed by atoms with E-state index in [9.17, 15) is 9.90 Å². The van der Waals surface area contributed by atoms with Crippen molar-refractivity contribution in [3.8, 4) is 0 Å². The van der Waals surface area contributed by atoms with Crippen LogP contribution in [0.4, 0.5) is 11.4 Å². The van der Waals surface area contributed by atoms with E-state index >= 15 is 0 Å². The number of hydrogen-bond acceptors (Lipinski definition) is 6. The van der Waals surface area contributed by atoms with Crippen LogP contribution in [-0.2, 0) is 9.47 Å². The van der Waals surface area contributed by atoms with Crippen molar-refractivity contribution in [2.24, 2.45) is 0 Å². The van der Waals surface area contributed by atoms with Gasteiger partial charge in [0, 0.05) is 20.7 Å². The van der Waals surface area contributed by atoms with Crippen molar-refractivity contribution in [2.45, 2.75) is 6.10 Å². The number of carbonyl (C=O) groups excluding carboxylic acids is 1. The molecule has 0 heterocycles. The predicted octanol–water partition coefficient (Wildman–Crippen LogP) is 0.499. The normalized spacial score (nSPS) is 12.0. The fraction of sp³-hybridized carbons (Fsp3) is 0.462. The lowest BCUT2D eigenvalue weighted by Crippen LogP contribution is -2.33. The van der Waals surface area contributed by atoms with Gasteiger partial charge >= 0.3 is 5.97 Å². The number of likely N-dealkylation sites (N-methyl/N-ethyl adjacent to an activating group) is 1. The Kier molecular flexibility index (Phi) is 5.59. The van der Waals surface area contributed by atoms with Crippen LogP contribution < -0.4 is 10.6 Å². The van der Waals surface area contributed by atoms with Crippen molar-refractivity contribution in [1.82, 2.24) is 0 Å². The average Bonchev–Trinajstić information content (AvgIpc) is 2.37. The van der Waals surface area contributed by atoms with Crippen LogP contribution in [0.3, 0.4) is 0 Å². The maximum Gasteiger partial charge on any atom is 0.340 e. The Hall–Kier alpha value is -1.79. The molecule has 6 heteroatoms. The van der Waals surface area contributed by atoms with Gasteiger partial charge in [0.05, 0.1) is 36.8 Å². The molecule has 0 bridgehead atoms. The molecule has 6 nitrogen and oxygen atoms in total. The van der Waals surface area contributed by atoms with Crippen LogP contribution >= 0.6 is 0 Å². The molecule has 0 aromatic heterocycles. The second kappa shape index (κ2) is 6.96. The van der Waals surface area contributed by atoms with Crippen molar-refractivity contribution in [3.05, 3.63) is 23.8 Å². The standard InChI is InChI=1S/C13H20N2O4/c1-15(7-9(16)8-18-2)12-10(13(17)19-3)5-4-6-11(12)14/h4-6,9,16H,7-8,14H2,1-3H3. The first-order valence-electron chi connectivity index (χ1n) is 5.86. The Morgan fingerprint density at radius 1 is 1.47 bits per heavy atom. The van der Waals surface area contributed by atoms with Gasteiger partial charge < -0.3 is 25.2 Å². The largest absolute Gasteiger partial charge is 0.465 e. The number of methoxy groups -OCH3 is 2. The summed E-state index contributed by atoms with van der Waals surface area (Å²) in [4.78, 5) is 13.4. The highest BCUT2D eigenvalue weighted by Crippen LogP contribution is 2.27. The minimum Gasteiger partial charge on any atom is -0.465 e. The molecule has 19 heavy (non-hydrogen) atoms. The molecule has 106 valence electrons. The number of esters is 1. The maximum absolute atomic E-state index is 11.7. The van der Waals surface area contributed by atoms with Gasteiger partial charge in [0.1, 0.15) is 0 Å². The van der Waals surface area contributed by atoms with Gasteiger partial charge in [0.2, 0.25) is 0 Å². The molecule has 0 saturated carbocycles. The summed E-state index contributed by atoms with van der Waals surface area (Å²) in [5, 5.41) is 9.73. The Bertz CT molecular complexity index is 437. The molecular weight excluding hydrogens is 248 g/mol. The quantitative estimate of drug-likeness (QED) is 0.577. The summed E-state index contributed by atoms with van der Waals surface area (Å²) in [5.74, 6) is -0.463. The highest BCUT2D eigenvalue weighted by molar-refractivity contribution is 5.99. The van der Waals surface area contributed by atoms with E-state index in [-0.39, 0.29) is 6.61 Å². The van der Waals surface area contributed by atoms with Gasteiger partial charge in [-0.15, -0.1) is 0 Å². The van der Waals surface area contributed by atoms with Crippen LogP contribution in [0.1, 0.15) is 10.4 Å². The third-order valence-corrected chi connectivity index (χ3v) is 2.70. The van der Waals surface area contributed by atoms with E-state index in [0.717, 1.165) is 0 Å². The SMILES string of the molecule is COCC(O)CN(C)c1c(N)cccc1C(=O)OC. The Morgan fingerprint density at radius 3 is 2.74 bits per heavy atom. The van der Waals surface area contributed by atoms with E-state index in [0.29, 0.717) is 23.5 Å². The molecule has 0 spiro atoms. The Balaban J connectivity index is 3.00. The number of hydrogen-bond donors (Lipinski definition) is 2. The van der Waals surface area contributed by atoms with Crippen molar-refractivity contribution in [3.63, 3.8) is 0 Å². The van der Waals surface area contributed by atoms with E-state index in [1.807, 2.05) is 0 Å². The number of benzene rings is 1. The third kappa shape index (κ3) is 3.84. The zero-order valence-corrected chi connectivity index (χ0v) is 11.4. The summed E-state index contributed by atoms with van der Waals surface area (Å²) < 4.78 is 9.60. The van der Waals surface area contributed by atoms with Gasteiger partial charge in [0.15, 0.2) is 0 Å². The maximum atomic E-state index is 11.7. The summed E-state index contributed by atoms with van der Waals surface area (Å²) in [6.07, 6.45) is -0.667. The van der Waals surface area contributed by atoms with Crippen LogP contribution in [0.15, 0.2) is 18.2 Å². The zero-order valence-electron chi connectivity index (χ0n) is 11.4. The van der Waals surface area contributed by atoms with Gasteiger partial charge in [0.25, 0.3) is 0 Å². The molecule has 0 fully saturated rings. The number of carbonyl (C=O) groups is 1. The lowest BCUT2D eigenvalue weighted by atomic mass is 10.1. The lowest BCUT2D eigenvalue weighted by molar-refractivity contribution is 0.0599. The lowest BCUT2D eigenvalue weighted by Gasteiger charge is -2.25. The van der Waals surface area contributed by atoms with Crippen LogP contribution in [-0.4, -0.2) is 51.6 Å². The van der Waals surface area contributed by atoms with E-state index < -0.39 is 12.1 Å². The van der Waals surface area contributed by atoms with Crippen LogP contribution in [0.5, 0.6) is 0 Å². The molecule has 0 aliphatic rings. The van der Waals surface area contributed by atoms with E-state index in [2.05, 4.69) is 0 Å². The van der Waals surface area contributed by atoms with Gasteiger partial charge in [-0.05, 0) is 12.1 Å². The predicted molar refractivity (Wildman–Crippen MR) is 73.3 cm³/mol. The second-order valence-corrected chi connectivity index (χ2v) is 4.22. The van der Waals surface area contributed by atoms with E-state index in [4.69, 9.17) is 15.2 Å². The Morgan fingerprint density at radius 2 is 2.16 bits per heavy atom. The van der Waals surface area contributed by atoms with Crippen LogP contribution in [0.2, 0.25) is 0 Å². The van der Waals surface area contributed by atoms with Gasteiger partial charge in [-0.1, -0.05) is 6.07 Å². The monoisotopic (exact) mass is 268 g/mol. The number of nitrogens with two attached hydrogens (primary N) is 1. The summed E-state index contributed by atoms with van der Waals surface area (Å²) in [7, 11) is 4.58. The molecule has 1 rings (SSSR count). The second-order valence-electron chi connectivity index (χ2n) is 4.22. The summed E-state index contributed by atoms with van der Waals surface area (Å²) in [6, 6.07) is 5.02. The molecule has 1 aromatic rings. The number of rotatable bonds is 6. The topological polar surface area (TPSA) is 85.0 Å². The minimum absolute atomic E-state index is 0.213. The molecule has 0 aliphatic carbocycles. The molecule has 1 aromatic carbocycles. The first-order chi connectivity index (χ1) is 9.01. The molecule has 0 aliphatic heterocycles. The number of para-hydroxylation sites is 1. The highest BCUT2D eigenvalue weighted by Gasteiger charge is 2.19. The van der Waals surface area contributed by atoms with Crippen LogP contribution in [0.25, 0.3) is 0 Å². The molecule has 1 unspecified atom stereocenters. The number of anilines is 2. The number of nitrogens with zero attached hydrogens (tertiary/aromatic N) is 1. The molecular formula is C13H20N2O4. The first kappa shape index (κ1) is 15.3. The molecule has 0 saturated heterocycles.